The zero-order valence-electron chi connectivity index (χ0n) is 18.6. The number of likely N-dealkylation sites (tertiary alicyclic amines) is 1. The molecule has 5 rings (SSSR count). The molecule has 3 N–H and O–H groups in total. The molecule has 0 spiro atoms. The summed E-state index contributed by atoms with van der Waals surface area (Å²) >= 11 is 0. The summed E-state index contributed by atoms with van der Waals surface area (Å²) in [6, 6.07) is 16.9. The van der Waals surface area contributed by atoms with Crippen LogP contribution in [-0.4, -0.2) is 44.3 Å². The lowest BCUT2D eigenvalue weighted by Gasteiger charge is -2.34. The molecule has 4 aromatic rings. The molecule has 0 saturated carbocycles. The quantitative estimate of drug-likeness (QED) is 0.386. The van der Waals surface area contributed by atoms with Crippen molar-refractivity contribution < 1.29 is 9.50 Å². The van der Waals surface area contributed by atoms with Crippen molar-refractivity contribution in [1.29, 1.82) is 0 Å². The molecule has 2 aromatic heterocycles. The van der Waals surface area contributed by atoms with Crippen LogP contribution < -0.4 is 5.32 Å². The maximum absolute atomic E-state index is 14.1. The Morgan fingerprint density at radius 2 is 2.09 bits per heavy atom. The minimum Gasteiger partial charge on any atom is -0.374 e. The maximum atomic E-state index is 14.1. The van der Waals surface area contributed by atoms with E-state index in [0.29, 0.717) is 12.1 Å². The van der Waals surface area contributed by atoms with E-state index in [2.05, 4.69) is 25.4 Å². The van der Waals surface area contributed by atoms with E-state index >= 15 is 0 Å². The summed E-state index contributed by atoms with van der Waals surface area (Å²) in [4.78, 5) is 6.51. The highest BCUT2D eigenvalue weighted by Gasteiger charge is 2.23. The minimum atomic E-state index is -0.797. The van der Waals surface area contributed by atoms with Gasteiger partial charge in [0.25, 0.3) is 0 Å². The fourth-order valence-electron chi connectivity index (χ4n) is 4.64. The van der Waals surface area contributed by atoms with E-state index in [1.165, 1.54) is 6.07 Å². The summed E-state index contributed by atoms with van der Waals surface area (Å²) in [7, 11) is 0. The Bertz CT molecular complexity index is 1260. The van der Waals surface area contributed by atoms with Gasteiger partial charge in [0, 0.05) is 47.5 Å². The van der Waals surface area contributed by atoms with Crippen LogP contribution in [0.25, 0.3) is 22.2 Å². The molecule has 2 aromatic carbocycles. The monoisotopic (exact) mass is 445 g/mol. The van der Waals surface area contributed by atoms with Crippen molar-refractivity contribution >= 4 is 10.9 Å². The first-order chi connectivity index (χ1) is 16.1. The number of benzene rings is 2. The molecule has 2 atom stereocenters. The predicted octanol–water partition coefficient (Wildman–Crippen LogP) is 4.32. The SMILES string of the molecule is Cc1cc(-c2n[nH]c3ccc(C(O)NC4CCCN(Cc5ccccc5F)C4)cc23)ccn1. The number of aromatic nitrogens is 3. The van der Waals surface area contributed by atoms with E-state index in [4.69, 9.17) is 0 Å². The van der Waals surface area contributed by atoms with Crippen LogP contribution in [0, 0.1) is 12.7 Å². The molecule has 1 aliphatic rings. The zero-order valence-corrected chi connectivity index (χ0v) is 18.6. The van der Waals surface area contributed by atoms with Crippen LogP contribution >= 0.6 is 0 Å². The van der Waals surface area contributed by atoms with Crippen LogP contribution in [0.2, 0.25) is 0 Å². The molecule has 0 radical (unpaired) electrons. The molecule has 0 amide bonds. The second-order valence-corrected chi connectivity index (χ2v) is 8.80. The molecule has 170 valence electrons. The number of fused-ring (bicyclic) bond motifs is 1. The van der Waals surface area contributed by atoms with Gasteiger partial charge in [0.15, 0.2) is 0 Å². The average Bonchev–Trinajstić information content (AvgIpc) is 3.24. The third-order valence-corrected chi connectivity index (χ3v) is 6.32. The summed E-state index contributed by atoms with van der Waals surface area (Å²) in [6.07, 6.45) is 2.96. The number of aliphatic hydroxyl groups is 1. The Morgan fingerprint density at radius 3 is 2.94 bits per heavy atom. The molecular weight excluding hydrogens is 417 g/mol. The summed E-state index contributed by atoms with van der Waals surface area (Å²) in [5, 5.41) is 22.9. The van der Waals surface area contributed by atoms with Crippen LogP contribution in [0.5, 0.6) is 0 Å². The van der Waals surface area contributed by atoms with Gasteiger partial charge in [0.1, 0.15) is 17.7 Å². The molecule has 1 aliphatic heterocycles. The average molecular weight is 446 g/mol. The van der Waals surface area contributed by atoms with Crippen molar-refractivity contribution in [2.45, 2.75) is 38.6 Å². The standard InChI is InChI=1S/C26H28FN5O/c1-17-13-18(10-11-28-17)25-22-14-19(8-9-24(22)30-31-25)26(33)29-21-6-4-12-32(16-21)15-20-5-2-3-7-23(20)27/h2-3,5,7-11,13-14,21,26,29,33H,4,6,12,15-16H2,1H3,(H,30,31). The Hall–Kier alpha value is -3.13. The van der Waals surface area contributed by atoms with Gasteiger partial charge in [-0.1, -0.05) is 24.3 Å². The van der Waals surface area contributed by atoms with Crippen molar-refractivity contribution in [3.8, 4) is 11.3 Å². The van der Waals surface area contributed by atoms with Crippen LogP contribution in [0.1, 0.15) is 35.9 Å². The van der Waals surface area contributed by atoms with E-state index in [-0.39, 0.29) is 11.9 Å². The number of H-pyrrole nitrogens is 1. The van der Waals surface area contributed by atoms with Gasteiger partial charge >= 0.3 is 0 Å². The summed E-state index contributed by atoms with van der Waals surface area (Å²) in [5.74, 6) is -0.166. The van der Waals surface area contributed by atoms with Crippen LogP contribution in [0.3, 0.4) is 0 Å². The van der Waals surface area contributed by atoms with Gasteiger partial charge < -0.3 is 5.11 Å². The third kappa shape index (κ3) is 4.80. The molecule has 3 heterocycles. The van der Waals surface area contributed by atoms with E-state index in [1.807, 2.05) is 49.4 Å². The number of piperidine rings is 1. The van der Waals surface area contributed by atoms with Crippen molar-refractivity contribution in [3.63, 3.8) is 0 Å². The number of rotatable bonds is 6. The Balaban J connectivity index is 1.30. The van der Waals surface area contributed by atoms with Crippen molar-refractivity contribution in [2.75, 3.05) is 13.1 Å². The molecule has 0 bridgehead atoms. The molecular formula is C26H28FN5O. The van der Waals surface area contributed by atoms with E-state index in [1.54, 1.807) is 12.3 Å². The highest BCUT2D eigenvalue weighted by Crippen LogP contribution is 2.29. The summed E-state index contributed by atoms with van der Waals surface area (Å²) in [5.41, 5.74) is 5.19. The van der Waals surface area contributed by atoms with E-state index in [9.17, 15) is 9.50 Å². The number of nitrogens with zero attached hydrogens (tertiary/aromatic N) is 3. The number of hydrogen-bond donors (Lipinski definition) is 3. The normalized spacial score (nSPS) is 18.0. The second-order valence-electron chi connectivity index (χ2n) is 8.80. The predicted molar refractivity (Wildman–Crippen MR) is 127 cm³/mol. The third-order valence-electron chi connectivity index (χ3n) is 6.32. The lowest BCUT2D eigenvalue weighted by molar-refractivity contribution is 0.0915. The summed E-state index contributed by atoms with van der Waals surface area (Å²) < 4.78 is 14.1. The van der Waals surface area contributed by atoms with Crippen LogP contribution in [-0.2, 0) is 6.54 Å². The first-order valence-electron chi connectivity index (χ1n) is 11.4. The number of aryl methyl sites for hydroxylation is 1. The molecule has 1 saturated heterocycles. The highest BCUT2D eigenvalue weighted by atomic mass is 19.1. The topological polar surface area (TPSA) is 77.1 Å². The number of hydrogen-bond acceptors (Lipinski definition) is 5. The smallest absolute Gasteiger partial charge is 0.131 e. The molecule has 33 heavy (non-hydrogen) atoms. The van der Waals surface area contributed by atoms with Gasteiger partial charge in [-0.3, -0.25) is 20.3 Å². The molecule has 7 heteroatoms. The molecule has 2 unspecified atom stereocenters. The fourth-order valence-corrected chi connectivity index (χ4v) is 4.64. The highest BCUT2D eigenvalue weighted by molar-refractivity contribution is 5.93. The van der Waals surface area contributed by atoms with Gasteiger partial charge in [0.05, 0.1) is 5.52 Å². The number of halogens is 1. The number of aliphatic hydroxyl groups excluding tert-OH is 1. The van der Waals surface area contributed by atoms with Crippen molar-refractivity contribution in [2.24, 2.45) is 0 Å². The fraction of sp³-hybridized carbons (Fsp3) is 0.308. The maximum Gasteiger partial charge on any atom is 0.131 e. The van der Waals surface area contributed by atoms with E-state index in [0.717, 1.165) is 59.3 Å². The minimum absolute atomic E-state index is 0.128. The number of aromatic amines is 1. The zero-order chi connectivity index (χ0) is 22.8. The Labute approximate surface area is 192 Å². The Morgan fingerprint density at radius 1 is 1.21 bits per heavy atom. The number of nitrogens with one attached hydrogen (secondary N) is 2. The van der Waals surface area contributed by atoms with E-state index < -0.39 is 6.23 Å². The number of pyridine rings is 1. The lowest BCUT2D eigenvalue weighted by Crippen LogP contribution is -2.46. The van der Waals surface area contributed by atoms with Crippen LogP contribution in [0.15, 0.2) is 60.8 Å². The first-order valence-corrected chi connectivity index (χ1v) is 11.4. The molecule has 0 aliphatic carbocycles. The van der Waals surface area contributed by atoms with Crippen molar-refractivity contribution in [3.05, 3.63) is 83.4 Å². The van der Waals surface area contributed by atoms with Gasteiger partial charge in [-0.15, -0.1) is 0 Å². The van der Waals surface area contributed by atoms with Gasteiger partial charge in [0.2, 0.25) is 0 Å². The Kier molecular flexibility index (Phi) is 6.17. The van der Waals surface area contributed by atoms with Crippen LogP contribution in [0.4, 0.5) is 4.39 Å². The van der Waals surface area contributed by atoms with Gasteiger partial charge in [-0.2, -0.15) is 5.10 Å². The second kappa shape index (κ2) is 9.39. The van der Waals surface area contributed by atoms with Crippen molar-refractivity contribution in [1.82, 2.24) is 25.4 Å². The largest absolute Gasteiger partial charge is 0.374 e. The van der Waals surface area contributed by atoms with Gasteiger partial charge in [-0.25, -0.2) is 4.39 Å². The lowest BCUT2D eigenvalue weighted by atomic mass is 10.0. The summed E-state index contributed by atoms with van der Waals surface area (Å²) in [6.45, 7) is 4.23. The van der Waals surface area contributed by atoms with Gasteiger partial charge in [-0.05, 0) is 62.2 Å². The first kappa shape index (κ1) is 21.7. The molecule has 1 fully saturated rings. The molecule has 6 nitrogen and oxygen atoms in total.